The molecule has 2 aromatic heterocycles. The number of aromatic nitrogens is 1. The molecule has 0 saturated carbocycles. The van der Waals surface area contributed by atoms with E-state index in [1.807, 2.05) is 35.0 Å². The minimum atomic E-state index is -0.527. The quantitative estimate of drug-likeness (QED) is 0.238. The van der Waals surface area contributed by atoms with Crippen LogP contribution in [-0.4, -0.2) is 36.4 Å². The second-order valence-corrected chi connectivity index (χ2v) is 7.41. The number of carbonyl (C=O) groups is 2. The number of fused-ring (bicyclic) bond motifs is 1. The fourth-order valence-corrected chi connectivity index (χ4v) is 3.45. The van der Waals surface area contributed by atoms with Crippen LogP contribution in [0.1, 0.15) is 21.9 Å². The molecule has 0 saturated heterocycles. The number of hydrogen-bond acceptors (Lipinski definition) is 6. The molecule has 0 bridgehead atoms. The second-order valence-electron chi connectivity index (χ2n) is 7.00. The van der Waals surface area contributed by atoms with Gasteiger partial charge in [-0.3, -0.25) is 4.79 Å². The summed E-state index contributed by atoms with van der Waals surface area (Å²) in [5.41, 5.74) is 4.20. The first kappa shape index (κ1) is 22.2. The number of nitrogens with one attached hydrogen (secondary N) is 1. The Morgan fingerprint density at radius 2 is 1.91 bits per heavy atom. The van der Waals surface area contributed by atoms with E-state index in [-0.39, 0.29) is 12.4 Å². The highest BCUT2D eigenvalue weighted by molar-refractivity contribution is 6.32. The molecule has 2 aromatic carbocycles. The van der Waals surface area contributed by atoms with Gasteiger partial charge in [0.2, 0.25) is 5.76 Å². The Morgan fingerprint density at radius 1 is 1.12 bits per heavy atom. The maximum Gasteiger partial charge on any atom is 0.373 e. The van der Waals surface area contributed by atoms with Gasteiger partial charge in [-0.15, -0.1) is 0 Å². The smallest absolute Gasteiger partial charge is 0.373 e. The number of methoxy groups -OCH3 is 1. The van der Waals surface area contributed by atoms with Crippen molar-refractivity contribution >= 4 is 40.6 Å². The Hall–Kier alpha value is -4.04. The molecule has 33 heavy (non-hydrogen) atoms. The summed E-state index contributed by atoms with van der Waals surface area (Å²) in [5, 5.41) is 5.42. The topological polar surface area (TPSA) is 95.1 Å². The molecule has 168 valence electrons. The van der Waals surface area contributed by atoms with Gasteiger partial charge in [0.25, 0.3) is 5.91 Å². The number of amides is 1. The Kier molecular flexibility index (Phi) is 6.75. The molecular formula is C24H20ClN3O5. The van der Waals surface area contributed by atoms with E-state index in [4.69, 9.17) is 20.8 Å². The van der Waals surface area contributed by atoms with Gasteiger partial charge in [0, 0.05) is 22.7 Å². The third kappa shape index (κ3) is 5.24. The van der Waals surface area contributed by atoms with Crippen LogP contribution < -0.4 is 10.2 Å². The van der Waals surface area contributed by atoms with Gasteiger partial charge in [-0.05, 0) is 30.3 Å². The van der Waals surface area contributed by atoms with Gasteiger partial charge in [-0.1, -0.05) is 41.9 Å². The van der Waals surface area contributed by atoms with Crippen molar-refractivity contribution in [1.82, 2.24) is 9.99 Å². The summed E-state index contributed by atoms with van der Waals surface area (Å²) < 4.78 is 17.6. The summed E-state index contributed by atoms with van der Waals surface area (Å²) in [4.78, 5) is 23.7. The third-order valence-electron chi connectivity index (χ3n) is 4.78. The predicted molar refractivity (Wildman–Crippen MR) is 124 cm³/mol. The predicted octanol–water partition coefficient (Wildman–Crippen LogP) is 4.25. The van der Waals surface area contributed by atoms with E-state index < -0.39 is 11.9 Å². The summed E-state index contributed by atoms with van der Waals surface area (Å²) in [7, 11) is 1.30. The van der Waals surface area contributed by atoms with E-state index in [0.29, 0.717) is 23.1 Å². The standard InChI is InChI=1S/C24H20ClN3O5/c1-31-24(30)22-11-10-17(33-22)14-28-13-16(18-6-2-4-8-20(18)28)12-26-27-23(29)15-32-21-9-5-3-7-19(21)25/h2-13H,14-15H2,1H3,(H,27,29)/b26-12+. The summed E-state index contributed by atoms with van der Waals surface area (Å²) in [5.74, 6) is 0.230. The lowest BCUT2D eigenvalue weighted by Gasteiger charge is -2.06. The third-order valence-corrected chi connectivity index (χ3v) is 5.09. The fraction of sp³-hybridized carbons (Fsp3) is 0.125. The van der Waals surface area contributed by atoms with E-state index in [9.17, 15) is 9.59 Å². The SMILES string of the molecule is COC(=O)c1ccc(Cn2cc(/C=N/NC(=O)COc3ccccc3Cl)c3ccccc32)o1. The van der Waals surface area contributed by atoms with Gasteiger partial charge in [0.05, 0.1) is 24.9 Å². The molecule has 1 N–H and O–H groups in total. The van der Waals surface area contributed by atoms with Crippen molar-refractivity contribution < 1.29 is 23.5 Å². The van der Waals surface area contributed by atoms with Crippen LogP contribution in [0.2, 0.25) is 5.02 Å². The number of halogens is 1. The molecular weight excluding hydrogens is 446 g/mol. The van der Waals surface area contributed by atoms with Crippen LogP contribution in [0.15, 0.2) is 76.4 Å². The average Bonchev–Trinajstić information content (AvgIpc) is 3.43. The minimum absolute atomic E-state index is 0.146. The van der Waals surface area contributed by atoms with E-state index in [1.54, 1.807) is 42.6 Å². The van der Waals surface area contributed by atoms with Crippen molar-refractivity contribution in [3.63, 3.8) is 0 Å². The van der Waals surface area contributed by atoms with Gasteiger partial charge in [0.1, 0.15) is 11.5 Å². The van der Waals surface area contributed by atoms with E-state index in [1.165, 1.54) is 7.11 Å². The highest BCUT2D eigenvalue weighted by Crippen LogP contribution is 2.23. The van der Waals surface area contributed by atoms with E-state index in [0.717, 1.165) is 16.5 Å². The maximum absolute atomic E-state index is 12.1. The number of ether oxygens (including phenoxy) is 2. The molecule has 4 aromatic rings. The largest absolute Gasteiger partial charge is 0.482 e. The Balaban J connectivity index is 1.44. The number of rotatable bonds is 8. The molecule has 0 atom stereocenters. The van der Waals surface area contributed by atoms with Crippen molar-refractivity contribution in [1.29, 1.82) is 0 Å². The van der Waals surface area contributed by atoms with Crippen molar-refractivity contribution in [3.05, 3.63) is 89.0 Å². The van der Waals surface area contributed by atoms with Gasteiger partial charge in [-0.25, -0.2) is 10.2 Å². The Morgan fingerprint density at radius 3 is 2.73 bits per heavy atom. The maximum atomic E-state index is 12.1. The molecule has 0 aliphatic heterocycles. The zero-order valence-electron chi connectivity index (χ0n) is 17.7. The zero-order chi connectivity index (χ0) is 23.2. The summed E-state index contributed by atoms with van der Waals surface area (Å²) in [6, 6.07) is 18.0. The number of esters is 1. The molecule has 0 spiro atoms. The first-order valence-electron chi connectivity index (χ1n) is 9.99. The molecule has 8 nitrogen and oxygen atoms in total. The fourth-order valence-electron chi connectivity index (χ4n) is 3.26. The Bertz CT molecular complexity index is 1320. The van der Waals surface area contributed by atoms with Gasteiger partial charge < -0.3 is 18.5 Å². The highest BCUT2D eigenvalue weighted by atomic mass is 35.5. The number of nitrogens with zero attached hydrogens (tertiary/aromatic N) is 2. The molecule has 2 heterocycles. The van der Waals surface area contributed by atoms with Crippen LogP contribution in [0.5, 0.6) is 5.75 Å². The molecule has 4 rings (SSSR count). The molecule has 0 unspecified atom stereocenters. The number of benzene rings is 2. The number of furan rings is 1. The molecule has 0 fully saturated rings. The lowest BCUT2D eigenvalue weighted by atomic mass is 10.2. The van der Waals surface area contributed by atoms with Gasteiger partial charge in [0.15, 0.2) is 6.61 Å². The number of hydrogen-bond donors (Lipinski definition) is 1. The zero-order valence-corrected chi connectivity index (χ0v) is 18.4. The first-order valence-corrected chi connectivity index (χ1v) is 10.4. The summed E-state index contributed by atoms with van der Waals surface area (Å²) in [6.07, 6.45) is 3.45. The van der Waals surface area contributed by atoms with Crippen LogP contribution in [0.25, 0.3) is 10.9 Å². The summed E-state index contributed by atoms with van der Waals surface area (Å²) in [6.45, 7) is 0.188. The molecule has 0 aliphatic carbocycles. The van der Waals surface area contributed by atoms with Gasteiger partial charge >= 0.3 is 5.97 Å². The lowest BCUT2D eigenvalue weighted by Crippen LogP contribution is -2.24. The normalized spacial score (nSPS) is 11.1. The van der Waals surface area contributed by atoms with Crippen molar-refractivity contribution in [2.45, 2.75) is 6.54 Å². The average molecular weight is 466 g/mol. The van der Waals surface area contributed by atoms with Crippen LogP contribution in [0, 0.1) is 0 Å². The molecule has 0 aliphatic rings. The van der Waals surface area contributed by atoms with E-state index in [2.05, 4.69) is 15.3 Å². The molecule has 9 heteroatoms. The second kappa shape index (κ2) is 10.1. The molecule has 1 amide bonds. The van der Waals surface area contributed by atoms with Gasteiger partial charge in [-0.2, -0.15) is 5.10 Å². The van der Waals surface area contributed by atoms with E-state index >= 15 is 0 Å². The molecule has 0 radical (unpaired) electrons. The van der Waals surface area contributed by atoms with Crippen LogP contribution in [0.4, 0.5) is 0 Å². The minimum Gasteiger partial charge on any atom is -0.482 e. The first-order chi connectivity index (χ1) is 16.0. The summed E-state index contributed by atoms with van der Waals surface area (Å²) >= 11 is 6.01. The number of para-hydroxylation sites is 2. The van der Waals surface area contributed by atoms with Crippen molar-refractivity contribution in [2.75, 3.05) is 13.7 Å². The Labute approximate surface area is 194 Å². The van der Waals surface area contributed by atoms with Crippen molar-refractivity contribution in [2.24, 2.45) is 5.10 Å². The van der Waals surface area contributed by atoms with Crippen LogP contribution >= 0.6 is 11.6 Å². The highest BCUT2D eigenvalue weighted by Gasteiger charge is 2.13. The monoisotopic (exact) mass is 465 g/mol. The van der Waals surface area contributed by atoms with Crippen molar-refractivity contribution in [3.8, 4) is 5.75 Å². The lowest BCUT2D eigenvalue weighted by molar-refractivity contribution is -0.123. The number of carbonyl (C=O) groups excluding carboxylic acids is 2. The number of hydrazone groups is 1. The van der Waals surface area contributed by atoms with Crippen LogP contribution in [0.3, 0.4) is 0 Å². The van der Waals surface area contributed by atoms with Crippen LogP contribution in [-0.2, 0) is 16.1 Å².